The molecular formula is C15H18ClN2. The van der Waals surface area contributed by atoms with Gasteiger partial charge in [-0.3, -0.25) is 4.98 Å². The van der Waals surface area contributed by atoms with Crippen LogP contribution in [0.5, 0.6) is 0 Å². The van der Waals surface area contributed by atoms with Crippen LogP contribution < -0.4 is 4.90 Å². The number of anilines is 1. The van der Waals surface area contributed by atoms with Crippen LogP contribution in [0.4, 0.5) is 5.69 Å². The van der Waals surface area contributed by atoms with E-state index in [1.807, 2.05) is 24.4 Å². The fourth-order valence-corrected chi connectivity index (χ4v) is 2.32. The molecule has 0 unspecified atom stereocenters. The van der Waals surface area contributed by atoms with Crippen LogP contribution >= 0.6 is 11.6 Å². The number of pyridine rings is 1. The SMILES string of the molecule is C[CH]C[C@H](C)N(C)c1ccnc2cc(Cl)ccc12. The van der Waals surface area contributed by atoms with Gasteiger partial charge in [-0.15, -0.1) is 0 Å². The van der Waals surface area contributed by atoms with Crippen LogP contribution in [0.2, 0.25) is 5.02 Å². The number of fused-ring (bicyclic) bond motifs is 1. The van der Waals surface area contributed by atoms with Crippen molar-refractivity contribution in [3.63, 3.8) is 0 Å². The maximum absolute atomic E-state index is 6.00. The minimum Gasteiger partial charge on any atom is -0.371 e. The Morgan fingerprint density at radius 3 is 2.89 bits per heavy atom. The standard InChI is InChI=1S/C15H18ClN2/c1-4-5-11(2)18(3)15-8-9-17-14-10-12(16)6-7-13(14)15/h4,6-11H,5H2,1-3H3/t11-/m0/s1. The van der Waals surface area contributed by atoms with Crippen LogP contribution in [0.15, 0.2) is 30.5 Å². The normalized spacial score (nSPS) is 12.7. The van der Waals surface area contributed by atoms with Gasteiger partial charge < -0.3 is 4.90 Å². The summed E-state index contributed by atoms with van der Waals surface area (Å²) in [6.45, 7) is 4.32. The van der Waals surface area contributed by atoms with E-state index in [0.29, 0.717) is 6.04 Å². The summed E-state index contributed by atoms with van der Waals surface area (Å²) < 4.78 is 0. The Balaban J connectivity index is 2.44. The molecule has 2 aromatic rings. The van der Waals surface area contributed by atoms with Crippen molar-refractivity contribution >= 4 is 28.2 Å². The molecule has 0 amide bonds. The minimum atomic E-state index is 0.469. The number of aromatic nitrogens is 1. The predicted octanol–water partition coefficient (Wildman–Crippen LogP) is 4.33. The van der Waals surface area contributed by atoms with Crippen molar-refractivity contribution in [2.45, 2.75) is 26.3 Å². The number of hydrogen-bond acceptors (Lipinski definition) is 2. The first kappa shape index (κ1) is 13.2. The average molecular weight is 262 g/mol. The lowest BCUT2D eigenvalue weighted by Gasteiger charge is -2.27. The monoisotopic (exact) mass is 261 g/mol. The molecule has 1 radical (unpaired) electrons. The molecule has 2 rings (SSSR count). The first-order valence-electron chi connectivity index (χ1n) is 6.18. The molecule has 0 N–H and O–H groups in total. The maximum Gasteiger partial charge on any atom is 0.0737 e. The van der Waals surface area contributed by atoms with Crippen LogP contribution in [-0.4, -0.2) is 18.1 Å². The molecule has 1 atom stereocenters. The molecule has 3 heteroatoms. The summed E-state index contributed by atoms with van der Waals surface area (Å²) in [4.78, 5) is 6.66. The molecule has 95 valence electrons. The number of halogens is 1. The topological polar surface area (TPSA) is 16.1 Å². The quantitative estimate of drug-likeness (QED) is 0.815. The maximum atomic E-state index is 6.00. The van der Waals surface area contributed by atoms with Crippen molar-refractivity contribution in [2.24, 2.45) is 0 Å². The van der Waals surface area contributed by atoms with Gasteiger partial charge in [0.15, 0.2) is 0 Å². The molecule has 0 aliphatic rings. The third-order valence-electron chi connectivity index (χ3n) is 3.30. The zero-order chi connectivity index (χ0) is 13.1. The molecule has 0 bridgehead atoms. The first-order valence-corrected chi connectivity index (χ1v) is 6.56. The Morgan fingerprint density at radius 2 is 2.17 bits per heavy atom. The number of benzene rings is 1. The van der Waals surface area contributed by atoms with Gasteiger partial charge in [0, 0.05) is 35.4 Å². The molecular weight excluding hydrogens is 244 g/mol. The molecule has 0 spiro atoms. The second-order valence-corrected chi connectivity index (χ2v) is 5.03. The molecule has 0 saturated heterocycles. The van der Waals surface area contributed by atoms with Crippen molar-refractivity contribution in [3.05, 3.63) is 41.9 Å². The Morgan fingerprint density at radius 1 is 1.39 bits per heavy atom. The van der Waals surface area contributed by atoms with Crippen LogP contribution in [0.3, 0.4) is 0 Å². The molecule has 0 fully saturated rings. The van der Waals surface area contributed by atoms with E-state index < -0.39 is 0 Å². The Kier molecular flexibility index (Phi) is 4.07. The van der Waals surface area contributed by atoms with Gasteiger partial charge in [-0.1, -0.05) is 18.5 Å². The highest BCUT2D eigenvalue weighted by Gasteiger charge is 2.12. The predicted molar refractivity (Wildman–Crippen MR) is 79.2 cm³/mol. The molecule has 18 heavy (non-hydrogen) atoms. The van der Waals surface area contributed by atoms with Crippen molar-refractivity contribution in [1.82, 2.24) is 4.98 Å². The van der Waals surface area contributed by atoms with E-state index in [-0.39, 0.29) is 0 Å². The van der Waals surface area contributed by atoms with Gasteiger partial charge in [0.25, 0.3) is 0 Å². The second-order valence-electron chi connectivity index (χ2n) is 4.60. The molecule has 1 aromatic heterocycles. The van der Waals surface area contributed by atoms with Gasteiger partial charge in [0.2, 0.25) is 0 Å². The Labute approximate surface area is 114 Å². The van der Waals surface area contributed by atoms with Crippen LogP contribution in [0, 0.1) is 6.42 Å². The average Bonchev–Trinajstić information content (AvgIpc) is 2.37. The minimum absolute atomic E-state index is 0.469. The smallest absolute Gasteiger partial charge is 0.0737 e. The molecule has 0 aliphatic carbocycles. The first-order chi connectivity index (χ1) is 8.63. The number of rotatable bonds is 4. The van der Waals surface area contributed by atoms with Crippen LogP contribution in [0.1, 0.15) is 20.3 Å². The molecule has 1 heterocycles. The summed E-state index contributed by atoms with van der Waals surface area (Å²) >= 11 is 6.00. The largest absolute Gasteiger partial charge is 0.371 e. The van der Waals surface area contributed by atoms with E-state index in [4.69, 9.17) is 11.6 Å². The third kappa shape index (κ3) is 2.59. The van der Waals surface area contributed by atoms with Crippen molar-refractivity contribution < 1.29 is 0 Å². The van der Waals surface area contributed by atoms with E-state index in [0.717, 1.165) is 22.3 Å². The summed E-state index contributed by atoms with van der Waals surface area (Å²) in [5.41, 5.74) is 2.14. The van der Waals surface area contributed by atoms with E-state index >= 15 is 0 Å². The number of hydrogen-bond donors (Lipinski definition) is 0. The molecule has 1 aromatic carbocycles. The Bertz CT molecular complexity index is 539. The highest BCUT2D eigenvalue weighted by Crippen LogP contribution is 2.28. The van der Waals surface area contributed by atoms with E-state index in [1.54, 1.807) is 0 Å². The summed E-state index contributed by atoms with van der Waals surface area (Å²) in [7, 11) is 2.12. The van der Waals surface area contributed by atoms with E-state index in [9.17, 15) is 0 Å². The lowest BCUT2D eigenvalue weighted by Crippen LogP contribution is -2.28. The van der Waals surface area contributed by atoms with Gasteiger partial charge >= 0.3 is 0 Å². The summed E-state index contributed by atoms with van der Waals surface area (Å²) in [5.74, 6) is 0. The lowest BCUT2D eigenvalue weighted by molar-refractivity contribution is 0.676. The molecule has 2 nitrogen and oxygen atoms in total. The summed E-state index contributed by atoms with van der Waals surface area (Å²) in [6.07, 6.45) is 5.10. The second kappa shape index (κ2) is 5.57. The zero-order valence-electron chi connectivity index (χ0n) is 11.0. The van der Waals surface area contributed by atoms with E-state index in [2.05, 4.69) is 43.3 Å². The lowest BCUT2D eigenvalue weighted by atomic mass is 10.1. The summed E-state index contributed by atoms with van der Waals surface area (Å²) in [5, 5.41) is 1.87. The highest BCUT2D eigenvalue weighted by atomic mass is 35.5. The number of nitrogens with zero attached hydrogens (tertiary/aromatic N) is 2. The van der Waals surface area contributed by atoms with Crippen molar-refractivity contribution in [2.75, 3.05) is 11.9 Å². The highest BCUT2D eigenvalue weighted by molar-refractivity contribution is 6.31. The van der Waals surface area contributed by atoms with Crippen molar-refractivity contribution in [1.29, 1.82) is 0 Å². The van der Waals surface area contributed by atoms with E-state index in [1.165, 1.54) is 5.69 Å². The fourth-order valence-electron chi connectivity index (χ4n) is 2.15. The zero-order valence-corrected chi connectivity index (χ0v) is 11.8. The third-order valence-corrected chi connectivity index (χ3v) is 3.53. The van der Waals surface area contributed by atoms with Crippen LogP contribution in [-0.2, 0) is 0 Å². The molecule has 0 saturated carbocycles. The van der Waals surface area contributed by atoms with Gasteiger partial charge in [0.1, 0.15) is 0 Å². The Hall–Kier alpha value is -1.28. The van der Waals surface area contributed by atoms with Gasteiger partial charge in [0.05, 0.1) is 5.52 Å². The van der Waals surface area contributed by atoms with Gasteiger partial charge in [-0.25, -0.2) is 0 Å². The fraction of sp³-hybridized carbons (Fsp3) is 0.333. The van der Waals surface area contributed by atoms with Crippen molar-refractivity contribution in [3.8, 4) is 0 Å². The van der Waals surface area contributed by atoms with Gasteiger partial charge in [-0.05, 0) is 44.0 Å². The van der Waals surface area contributed by atoms with Gasteiger partial charge in [-0.2, -0.15) is 0 Å². The van der Waals surface area contributed by atoms with Crippen LogP contribution in [0.25, 0.3) is 10.9 Å². The summed E-state index contributed by atoms with van der Waals surface area (Å²) in [6, 6.07) is 8.39. The molecule has 0 aliphatic heterocycles.